The summed E-state index contributed by atoms with van der Waals surface area (Å²) in [6, 6.07) is 18.0. The van der Waals surface area contributed by atoms with Crippen LogP contribution in [0.3, 0.4) is 0 Å². The van der Waals surface area contributed by atoms with Gasteiger partial charge < -0.3 is 0 Å². The molecule has 0 aromatic heterocycles. The Morgan fingerprint density at radius 2 is 1.73 bits per heavy atom. The molecule has 22 heavy (non-hydrogen) atoms. The quantitative estimate of drug-likeness (QED) is 0.679. The number of rotatable bonds is 3. The van der Waals surface area contributed by atoms with Crippen LogP contribution in [0, 0.1) is 0 Å². The molecule has 2 bridgehead atoms. The van der Waals surface area contributed by atoms with Gasteiger partial charge in [0.05, 0.1) is 10.7 Å². The molecule has 1 unspecified atom stereocenters. The second kappa shape index (κ2) is 5.13. The zero-order valence-corrected chi connectivity index (χ0v) is 13.4. The lowest BCUT2D eigenvalue weighted by Crippen LogP contribution is -2.43. The van der Waals surface area contributed by atoms with Crippen LogP contribution in [0.25, 0.3) is 0 Å². The molecule has 1 N–H and O–H groups in total. The van der Waals surface area contributed by atoms with Crippen LogP contribution in [-0.2, 0) is 5.54 Å². The second-order valence-electron chi connectivity index (χ2n) is 6.29. The Balaban J connectivity index is 1.89. The molecule has 0 saturated heterocycles. The highest BCUT2D eigenvalue weighted by molar-refractivity contribution is 7.78. The van der Waals surface area contributed by atoms with Crippen LogP contribution in [0.2, 0.25) is 0 Å². The molecule has 4 rings (SSSR count). The lowest BCUT2D eigenvalue weighted by atomic mass is 9.77. The van der Waals surface area contributed by atoms with Crippen molar-refractivity contribution in [2.75, 3.05) is 6.54 Å². The van der Waals surface area contributed by atoms with Gasteiger partial charge in [-0.05, 0) is 47.8 Å². The molecule has 0 radical (unpaired) electrons. The van der Waals surface area contributed by atoms with Crippen molar-refractivity contribution in [1.82, 2.24) is 5.32 Å². The first kappa shape index (κ1) is 13.8. The number of hydrogen-bond donors (Lipinski definition) is 1. The van der Waals surface area contributed by atoms with Crippen molar-refractivity contribution >= 4 is 17.4 Å². The molecule has 2 nitrogen and oxygen atoms in total. The molecule has 3 heteroatoms. The number of benzene rings is 2. The molecule has 3 atom stereocenters. The number of isothiocyanates is 1. The maximum Gasteiger partial charge on any atom is 0.0672 e. The minimum Gasteiger partial charge on any atom is -0.296 e. The summed E-state index contributed by atoms with van der Waals surface area (Å²) in [5, 5.41) is 6.37. The van der Waals surface area contributed by atoms with Crippen molar-refractivity contribution in [2.45, 2.75) is 30.8 Å². The fraction of sp³-hybridized carbons (Fsp3) is 0.316. The van der Waals surface area contributed by atoms with Gasteiger partial charge in [0.1, 0.15) is 0 Å². The van der Waals surface area contributed by atoms with Crippen LogP contribution in [0.1, 0.15) is 47.6 Å². The monoisotopic (exact) mass is 306 g/mol. The molecule has 110 valence electrons. The minimum absolute atomic E-state index is 0.0816. The number of nitrogens with zero attached hydrogens (tertiary/aromatic N) is 1. The maximum absolute atomic E-state index is 4.71. The summed E-state index contributed by atoms with van der Waals surface area (Å²) in [5.41, 5.74) is 5.60. The summed E-state index contributed by atoms with van der Waals surface area (Å²) in [7, 11) is 0. The predicted octanol–water partition coefficient (Wildman–Crippen LogP) is 4.18. The normalized spacial score (nSPS) is 27.7. The van der Waals surface area contributed by atoms with E-state index in [-0.39, 0.29) is 5.54 Å². The number of aliphatic imine (C=N–C) groups is 1. The molecule has 2 aliphatic rings. The van der Waals surface area contributed by atoms with E-state index in [1.165, 1.54) is 22.3 Å². The van der Waals surface area contributed by atoms with Crippen LogP contribution >= 0.6 is 12.2 Å². The molecule has 2 aliphatic heterocycles. The van der Waals surface area contributed by atoms with Gasteiger partial charge in [0.15, 0.2) is 0 Å². The Hall–Kier alpha value is -1.80. The van der Waals surface area contributed by atoms with Gasteiger partial charge in [0.25, 0.3) is 0 Å². The van der Waals surface area contributed by atoms with E-state index in [4.69, 9.17) is 12.2 Å². The van der Waals surface area contributed by atoms with Crippen LogP contribution in [-0.4, -0.2) is 11.7 Å². The third-order valence-corrected chi connectivity index (χ3v) is 5.33. The third-order valence-electron chi connectivity index (χ3n) is 5.20. The van der Waals surface area contributed by atoms with Gasteiger partial charge in [-0.25, -0.2) is 4.99 Å². The molecule has 2 aromatic carbocycles. The molecule has 0 amide bonds. The van der Waals surface area contributed by atoms with Crippen molar-refractivity contribution in [3.63, 3.8) is 0 Å². The largest absolute Gasteiger partial charge is 0.296 e. The molecule has 0 fully saturated rings. The summed E-state index contributed by atoms with van der Waals surface area (Å²) in [6.45, 7) is 3.04. The summed E-state index contributed by atoms with van der Waals surface area (Å²) in [6.07, 6.45) is 0.989. The van der Waals surface area contributed by atoms with Gasteiger partial charge >= 0.3 is 0 Å². The van der Waals surface area contributed by atoms with Crippen molar-refractivity contribution in [3.05, 3.63) is 70.8 Å². The van der Waals surface area contributed by atoms with E-state index >= 15 is 0 Å². The smallest absolute Gasteiger partial charge is 0.0672 e. The standard InChI is InChI=1S/C19H18N2S/c1-19-16-8-4-2-6-13(16)14(10-11-20-12-22)18(21-19)15-7-3-5-9-17(15)19/h2-9,14,18,21H,10-11H2,1H3/t14?,18-,19+/m0/s1. The number of thiocarbonyl (C=S) groups is 1. The Bertz CT molecular complexity index is 779. The Labute approximate surface area is 136 Å². The van der Waals surface area contributed by atoms with Crippen molar-refractivity contribution < 1.29 is 0 Å². The maximum atomic E-state index is 4.71. The number of fused-ring (bicyclic) bond motifs is 7. The van der Waals surface area contributed by atoms with Crippen molar-refractivity contribution in [1.29, 1.82) is 0 Å². The SMILES string of the molecule is C[C@]12N[C@H](c3ccccc31)C(CCN=C=S)c1ccccc12. The molecule has 0 saturated carbocycles. The van der Waals surface area contributed by atoms with E-state index in [0.29, 0.717) is 12.0 Å². The van der Waals surface area contributed by atoms with Gasteiger partial charge in [-0.1, -0.05) is 48.5 Å². The van der Waals surface area contributed by atoms with Gasteiger partial charge in [0, 0.05) is 18.5 Å². The molecular formula is C19H18N2S. The predicted molar refractivity (Wildman–Crippen MR) is 92.5 cm³/mol. The Morgan fingerprint density at radius 1 is 1.09 bits per heavy atom. The second-order valence-corrected chi connectivity index (χ2v) is 6.47. The highest BCUT2D eigenvalue weighted by Crippen LogP contribution is 2.54. The van der Waals surface area contributed by atoms with E-state index in [0.717, 1.165) is 13.0 Å². The summed E-state index contributed by atoms with van der Waals surface area (Å²) in [5.74, 6) is 0.431. The first-order chi connectivity index (χ1) is 10.8. The minimum atomic E-state index is -0.0816. The molecule has 0 aliphatic carbocycles. The summed E-state index contributed by atoms with van der Waals surface area (Å²) in [4.78, 5) is 4.13. The topological polar surface area (TPSA) is 24.4 Å². The highest BCUT2D eigenvalue weighted by atomic mass is 32.1. The van der Waals surface area contributed by atoms with Gasteiger partial charge in [0.2, 0.25) is 0 Å². The Kier molecular flexibility index (Phi) is 3.23. The van der Waals surface area contributed by atoms with Gasteiger partial charge in [-0.2, -0.15) is 0 Å². The lowest BCUT2D eigenvalue weighted by molar-refractivity contribution is 0.334. The fourth-order valence-electron chi connectivity index (χ4n) is 4.26. The lowest BCUT2D eigenvalue weighted by Gasteiger charge is -2.39. The number of hydrogen-bond acceptors (Lipinski definition) is 3. The first-order valence-electron chi connectivity index (χ1n) is 7.76. The van der Waals surface area contributed by atoms with Crippen LogP contribution < -0.4 is 5.32 Å². The van der Waals surface area contributed by atoms with E-state index in [9.17, 15) is 0 Å². The van der Waals surface area contributed by atoms with Gasteiger partial charge in [-0.3, -0.25) is 5.32 Å². The zero-order chi connectivity index (χ0) is 15.2. The van der Waals surface area contributed by atoms with E-state index < -0.39 is 0 Å². The molecule has 2 heterocycles. The molecular weight excluding hydrogens is 288 g/mol. The zero-order valence-electron chi connectivity index (χ0n) is 12.5. The number of nitrogens with one attached hydrogen (secondary N) is 1. The Morgan fingerprint density at radius 3 is 2.45 bits per heavy atom. The van der Waals surface area contributed by atoms with Crippen LogP contribution in [0.4, 0.5) is 0 Å². The summed E-state index contributed by atoms with van der Waals surface area (Å²) >= 11 is 4.71. The van der Waals surface area contributed by atoms with E-state index in [1.807, 2.05) is 0 Å². The fourth-order valence-corrected chi connectivity index (χ4v) is 4.35. The van der Waals surface area contributed by atoms with Crippen LogP contribution in [0.5, 0.6) is 0 Å². The molecule has 0 spiro atoms. The highest BCUT2D eigenvalue weighted by Gasteiger charge is 2.49. The van der Waals surface area contributed by atoms with Crippen molar-refractivity contribution in [2.24, 2.45) is 4.99 Å². The van der Waals surface area contributed by atoms with Gasteiger partial charge in [-0.15, -0.1) is 0 Å². The third kappa shape index (κ3) is 1.83. The average Bonchev–Trinajstić information content (AvgIpc) is 2.83. The van der Waals surface area contributed by atoms with E-state index in [2.05, 4.69) is 70.9 Å². The average molecular weight is 306 g/mol. The van der Waals surface area contributed by atoms with Crippen molar-refractivity contribution in [3.8, 4) is 0 Å². The first-order valence-corrected chi connectivity index (χ1v) is 8.16. The molecule has 2 aromatic rings. The summed E-state index contributed by atoms with van der Waals surface area (Å²) < 4.78 is 0. The van der Waals surface area contributed by atoms with E-state index in [1.54, 1.807) is 0 Å². The van der Waals surface area contributed by atoms with Crippen LogP contribution in [0.15, 0.2) is 53.5 Å².